The zero-order valence-electron chi connectivity index (χ0n) is 15.3. The predicted molar refractivity (Wildman–Crippen MR) is 102 cm³/mol. The third-order valence-corrected chi connectivity index (χ3v) is 4.67. The van der Waals surface area contributed by atoms with Crippen LogP contribution < -0.4 is 20.9 Å². The fourth-order valence-electron chi connectivity index (χ4n) is 2.98. The van der Waals surface area contributed by atoms with Crippen LogP contribution >= 0.6 is 0 Å². The van der Waals surface area contributed by atoms with Crippen LogP contribution in [0.15, 0.2) is 29.3 Å². The number of rotatable bonds is 7. The van der Waals surface area contributed by atoms with Gasteiger partial charge >= 0.3 is 0 Å². The number of carbonyl (C=O) groups excluding carboxylic acids is 2. The number of nitrogens with zero attached hydrogens (tertiary/aromatic N) is 2. The predicted octanol–water partition coefficient (Wildman–Crippen LogP) is 1.00. The van der Waals surface area contributed by atoms with Crippen LogP contribution in [0.1, 0.15) is 31.2 Å². The van der Waals surface area contributed by atoms with E-state index in [4.69, 9.17) is 0 Å². The third kappa shape index (κ3) is 4.97. The van der Waals surface area contributed by atoms with E-state index < -0.39 is 0 Å². The Hall–Kier alpha value is -2.57. The van der Waals surface area contributed by atoms with E-state index in [1.54, 1.807) is 7.05 Å². The zero-order chi connectivity index (χ0) is 18.4. The van der Waals surface area contributed by atoms with Gasteiger partial charge in [-0.25, -0.2) is 0 Å². The van der Waals surface area contributed by atoms with Crippen molar-refractivity contribution in [3.05, 3.63) is 29.8 Å². The number of benzene rings is 1. The quantitative estimate of drug-likeness (QED) is 0.386. The van der Waals surface area contributed by atoms with Gasteiger partial charge in [0.05, 0.1) is 0 Å². The Labute approximate surface area is 154 Å². The summed E-state index contributed by atoms with van der Waals surface area (Å²) in [5.41, 5.74) is 2.08. The molecular weight excluding hydrogens is 330 g/mol. The number of aliphatic imine (C=N–C) groups is 1. The Balaban J connectivity index is 1.38. The van der Waals surface area contributed by atoms with E-state index >= 15 is 0 Å². The van der Waals surface area contributed by atoms with Crippen LogP contribution in [0, 0.1) is 5.92 Å². The Morgan fingerprint density at radius 1 is 1.15 bits per heavy atom. The molecule has 3 N–H and O–H groups in total. The third-order valence-electron chi connectivity index (χ3n) is 4.67. The van der Waals surface area contributed by atoms with Crippen LogP contribution in [0.4, 0.5) is 5.69 Å². The molecule has 0 unspecified atom stereocenters. The first kappa shape index (κ1) is 18.2. The van der Waals surface area contributed by atoms with Gasteiger partial charge in [-0.15, -0.1) is 0 Å². The maximum atomic E-state index is 11.8. The average molecular weight is 357 g/mol. The lowest BCUT2D eigenvalue weighted by Crippen LogP contribution is -2.41. The fraction of sp³-hybridized carbons (Fsp3) is 0.526. The minimum Gasteiger partial charge on any atom is -0.355 e. The molecule has 7 nitrogen and oxygen atoms in total. The second-order valence-electron chi connectivity index (χ2n) is 6.73. The summed E-state index contributed by atoms with van der Waals surface area (Å²) in [6, 6.07) is 8.03. The van der Waals surface area contributed by atoms with E-state index in [0.717, 1.165) is 37.1 Å². The molecule has 0 radical (unpaired) electrons. The molecule has 0 spiro atoms. The van der Waals surface area contributed by atoms with Gasteiger partial charge in [0.2, 0.25) is 11.8 Å². The SMILES string of the molecule is CN=C(NCCNC(=O)C1CC1)NCc1ccc(N2CCCC2=O)cc1. The van der Waals surface area contributed by atoms with Gasteiger partial charge in [0.1, 0.15) is 0 Å². The molecule has 2 fully saturated rings. The molecule has 1 aromatic rings. The maximum absolute atomic E-state index is 11.8. The molecule has 1 saturated carbocycles. The van der Waals surface area contributed by atoms with Crippen LogP contribution in [0.25, 0.3) is 0 Å². The highest BCUT2D eigenvalue weighted by molar-refractivity contribution is 5.95. The van der Waals surface area contributed by atoms with Crippen LogP contribution in [0.2, 0.25) is 0 Å². The van der Waals surface area contributed by atoms with Gasteiger partial charge in [-0.05, 0) is 37.0 Å². The number of guanidine groups is 1. The second kappa shape index (κ2) is 8.69. The fourth-order valence-corrected chi connectivity index (χ4v) is 2.98. The normalized spacial score (nSPS) is 17.3. The van der Waals surface area contributed by atoms with E-state index in [-0.39, 0.29) is 17.7 Å². The summed E-state index contributed by atoms with van der Waals surface area (Å²) in [6.45, 7) is 2.68. The summed E-state index contributed by atoms with van der Waals surface area (Å²) in [5.74, 6) is 1.30. The highest BCUT2D eigenvalue weighted by atomic mass is 16.2. The van der Waals surface area contributed by atoms with Crippen molar-refractivity contribution in [3.63, 3.8) is 0 Å². The van der Waals surface area contributed by atoms with Crippen LogP contribution in [-0.2, 0) is 16.1 Å². The molecule has 1 saturated heterocycles. The summed E-state index contributed by atoms with van der Waals surface area (Å²) in [7, 11) is 1.72. The zero-order valence-corrected chi connectivity index (χ0v) is 15.3. The molecule has 0 atom stereocenters. The van der Waals surface area contributed by atoms with E-state index in [9.17, 15) is 9.59 Å². The van der Waals surface area contributed by atoms with Gasteiger partial charge < -0.3 is 20.9 Å². The first-order valence-corrected chi connectivity index (χ1v) is 9.29. The van der Waals surface area contributed by atoms with Gasteiger partial charge in [0, 0.05) is 51.3 Å². The van der Waals surface area contributed by atoms with E-state index in [0.29, 0.717) is 32.0 Å². The monoisotopic (exact) mass is 357 g/mol. The first-order chi connectivity index (χ1) is 12.7. The molecule has 7 heteroatoms. The summed E-state index contributed by atoms with van der Waals surface area (Å²) in [4.78, 5) is 29.4. The van der Waals surface area contributed by atoms with Crippen molar-refractivity contribution in [3.8, 4) is 0 Å². The maximum Gasteiger partial charge on any atom is 0.227 e. The lowest BCUT2D eigenvalue weighted by atomic mass is 10.2. The summed E-state index contributed by atoms with van der Waals surface area (Å²) in [5, 5.41) is 9.36. The Morgan fingerprint density at radius 3 is 2.50 bits per heavy atom. The molecule has 26 heavy (non-hydrogen) atoms. The minimum absolute atomic E-state index is 0.159. The molecule has 1 aliphatic heterocycles. The highest BCUT2D eigenvalue weighted by Gasteiger charge is 2.29. The summed E-state index contributed by atoms with van der Waals surface area (Å²) >= 11 is 0. The minimum atomic E-state index is 0.159. The van der Waals surface area contributed by atoms with Gasteiger partial charge in [0.25, 0.3) is 0 Å². The van der Waals surface area contributed by atoms with Crippen molar-refractivity contribution >= 4 is 23.5 Å². The van der Waals surface area contributed by atoms with Crippen LogP contribution in [0.5, 0.6) is 0 Å². The smallest absolute Gasteiger partial charge is 0.227 e. The summed E-state index contributed by atoms with van der Waals surface area (Å²) in [6.07, 6.45) is 3.62. The number of hydrogen-bond donors (Lipinski definition) is 3. The number of carbonyl (C=O) groups is 2. The lowest BCUT2D eigenvalue weighted by molar-refractivity contribution is -0.122. The molecule has 2 aliphatic rings. The van der Waals surface area contributed by atoms with Crippen molar-refractivity contribution in [1.82, 2.24) is 16.0 Å². The number of hydrogen-bond acceptors (Lipinski definition) is 3. The van der Waals surface area contributed by atoms with Crippen molar-refractivity contribution in [1.29, 1.82) is 0 Å². The average Bonchev–Trinajstić information content (AvgIpc) is 3.43. The molecule has 0 aromatic heterocycles. The van der Waals surface area contributed by atoms with Gasteiger partial charge in [0.15, 0.2) is 5.96 Å². The topological polar surface area (TPSA) is 85.8 Å². The van der Waals surface area contributed by atoms with Crippen molar-refractivity contribution in [2.75, 3.05) is 31.6 Å². The molecule has 3 rings (SSSR count). The molecule has 1 aromatic carbocycles. The molecule has 0 bridgehead atoms. The molecule has 1 heterocycles. The first-order valence-electron chi connectivity index (χ1n) is 9.29. The largest absolute Gasteiger partial charge is 0.355 e. The molecule has 1 aliphatic carbocycles. The van der Waals surface area contributed by atoms with Crippen molar-refractivity contribution in [2.45, 2.75) is 32.2 Å². The molecular formula is C19H27N5O2. The van der Waals surface area contributed by atoms with Crippen molar-refractivity contribution in [2.24, 2.45) is 10.9 Å². The Kier molecular flexibility index (Phi) is 6.09. The molecule has 2 amide bonds. The van der Waals surface area contributed by atoms with Gasteiger partial charge in [-0.2, -0.15) is 0 Å². The van der Waals surface area contributed by atoms with E-state index in [2.05, 4.69) is 20.9 Å². The van der Waals surface area contributed by atoms with Gasteiger partial charge in [-0.1, -0.05) is 12.1 Å². The van der Waals surface area contributed by atoms with Crippen molar-refractivity contribution < 1.29 is 9.59 Å². The van der Waals surface area contributed by atoms with Crippen LogP contribution in [0.3, 0.4) is 0 Å². The number of amides is 2. The Morgan fingerprint density at radius 2 is 1.88 bits per heavy atom. The second-order valence-corrected chi connectivity index (χ2v) is 6.73. The summed E-state index contributed by atoms with van der Waals surface area (Å²) < 4.78 is 0. The van der Waals surface area contributed by atoms with Gasteiger partial charge in [-0.3, -0.25) is 14.6 Å². The van der Waals surface area contributed by atoms with Crippen LogP contribution in [-0.4, -0.2) is 44.5 Å². The Bertz CT molecular complexity index is 667. The highest BCUT2D eigenvalue weighted by Crippen LogP contribution is 2.28. The van der Waals surface area contributed by atoms with E-state index in [1.807, 2.05) is 29.2 Å². The number of nitrogens with one attached hydrogen (secondary N) is 3. The standard InChI is InChI=1S/C19H27N5O2/c1-20-19(22-11-10-21-18(26)15-6-7-15)23-13-14-4-8-16(9-5-14)24-12-2-3-17(24)25/h4-5,8-9,15H,2-3,6-7,10-13H2,1H3,(H,21,26)(H2,20,22,23). The lowest BCUT2D eigenvalue weighted by Gasteiger charge is -2.16. The van der Waals surface area contributed by atoms with E-state index in [1.165, 1.54) is 0 Å². The number of anilines is 1. The molecule has 140 valence electrons.